The van der Waals surface area contributed by atoms with Crippen molar-refractivity contribution in [3.63, 3.8) is 0 Å². The largest absolute Gasteiger partial charge is 0.395 e. The van der Waals surface area contributed by atoms with Crippen molar-refractivity contribution in [3.05, 3.63) is 24.0 Å². The third-order valence-corrected chi connectivity index (χ3v) is 4.19. The highest BCUT2D eigenvalue weighted by Gasteiger charge is 2.21. The summed E-state index contributed by atoms with van der Waals surface area (Å²) in [7, 11) is -3.75. The summed E-state index contributed by atoms with van der Waals surface area (Å²) in [6, 6.07) is 3.59. The maximum atomic E-state index is 13.2. The highest BCUT2D eigenvalue weighted by atomic mass is 32.2. The average molecular weight is 260 g/mol. The fourth-order valence-corrected chi connectivity index (χ4v) is 3.03. The van der Waals surface area contributed by atoms with Gasteiger partial charge in [0, 0.05) is 6.04 Å². The quantitative estimate of drug-likeness (QED) is 0.794. The standard InChI is InChI=1S/C11H17FN2O2S/c1-3-8(4-2)14-17(15,16)10-7-5-6-9(12)11(10)13/h5-8,14H,3-4,13H2,1-2H3. The number of nitrogens with two attached hydrogens (primary N) is 1. The Balaban J connectivity index is 3.09. The molecule has 1 aromatic rings. The third-order valence-electron chi connectivity index (χ3n) is 2.61. The molecule has 0 fully saturated rings. The highest BCUT2D eigenvalue weighted by molar-refractivity contribution is 7.89. The van der Waals surface area contributed by atoms with Crippen LogP contribution in [0.5, 0.6) is 0 Å². The van der Waals surface area contributed by atoms with Crippen molar-refractivity contribution >= 4 is 15.7 Å². The topological polar surface area (TPSA) is 72.2 Å². The van der Waals surface area contributed by atoms with E-state index in [1.54, 1.807) is 0 Å². The fourth-order valence-electron chi connectivity index (χ4n) is 1.49. The molecule has 17 heavy (non-hydrogen) atoms. The Hall–Kier alpha value is -1.14. The van der Waals surface area contributed by atoms with Gasteiger partial charge in [0.1, 0.15) is 10.7 Å². The summed E-state index contributed by atoms with van der Waals surface area (Å²) in [4.78, 5) is -0.204. The molecule has 0 aliphatic rings. The van der Waals surface area contributed by atoms with Crippen molar-refractivity contribution in [1.29, 1.82) is 0 Å². The molecule has 1 aromatic carbocycles. The Kier molecular flexibility index (Phi) is 4.47. The van der Waals surface area contributed by atoms with E-state index in [0.717, 1.165) is 6.07 Å². The number of sulfonamides is 1. The predicted octanol–water partition coefficient (Wildman–Crippen LogP) is 1.87. The third kappa shape index (κ3) is 3.17. The zero-order chi connectivity index (χ0) is 13.1. The SMILES string of the molecule is CCC(CC)NS(=O)(=O)c1cccc(F)c1N. The summed E-state index contributed by atoms with van der Waals surface area (Å²) in [5.41, 5.74) is 5.09. The van der Waals surface area contributed by atoms with Crippen LogP contribution in [0.2, 0.25) is 0 Å². The minimum atomic E-state index is -3.75. The van der Waals surface area contributed by atoms with E-state index in [4.69, 9.17) is 5.73 Å². The molecule has 1 rings (SSSR count). The lowest BCUT2D eigenvalue weighted by molar-refractivity contribution is 0.529. The van der Waals surface area contributed by atoms with E-state index in [-0.39, 0.29) is 16.6 Å². The van der Waals surface area contributed by atoms with Gasteiger partial charge in [-0.05, 0) is 25.0 Å². The van der Waals surface area contributed by atoms with E-state index in [9.17, 15) is 12.8 Å². The first kappa shape index (κ1) is 13.9. The zero-order valence-corrected chi connectivity index (χ0v) is 10.7. The lowest BCUT2D eigenvalue weighted by atomic mass is 10.2. The van der Waals surface area contributed by atoms with Crippen LogP contribution >= 0.6 is 0 Å². The molecule has 6 heteroatoms. The van der Waals surface area contributed by atoms with Crippen LogP contribution < -0.4 is 10.5 Å². The minimum Gasteiger partial charge on any atom is -0.395 e. The molecule has 0 atom stereocenters. The first-order valence-corrected chi connectivity index (χ1v) is 6.97. The molecule has 0 spiro atoms. The number of nitrogens with one attached hydrogen (secondary N) is 1. The Bertz CT molecular complexity index is 484. The van der Waals surface area contributed by atoms with Gasteiger partial charge in [0.2, 0.25) is 10.0 Å². The van der Waals surface area contributed by atoms with Gasteiger partial charge in [-0.15, -0.1) is 0 Å². The van der Waals surface area contributed by atoms with Crippen LogP contribution in [0.1, 0.15) is 26.7 Å². The van der Waals surface area contributed by atoms with Crippen LogP contribution in [-0.4, -0.2) is 14.5 Å². The minimum absolute atomic E-state index is 0.164. The molecule has 0 radical (unpaired) electrons. The van der Waals surface area contributed by atoms with Gasteiger partial charge in [-0.2, -0.15) is 0 Å². The van der Waals surface area contributed by atoms with Crippen LogP contribution in [0, 0.1) is 5.82 Å². The van der Waals surface area contributed by atoms with Gasteiger partial charge < -0.3 is 5.73 Å². The molecule has 0 bridgehead atoms. The van der Waals surface area contributed by atoms with Gasteiger partial charge >= 0.3 is 0 Å². The summed E-state index contributed by atoms with van der Waals surface area (Å²) in [5, 5.41) is 0. The van der Waals surface area contributed by atoms with Gasteiger partial charge in [-0.1, -0.05) is 19.9 Å². The zero-order valence-electron chi connectivity index (χ0n) is 9.90. The molecule has 96 valence electrons. The van der Waals surface area contributed by atoms with E-state index >= 15 is 0 Å². The number of para-hydroxylation sites is 1. The molecule has 0 saturated carbocycles. The Labute approximate surface area is 101 Å². The smallest absolute Gasteiger partial charge is 0.242 e. The van der Waals surface area contributed by atoms with Gasteiger partial charge in [0.05, 0.1) is 5.69 Å². The van der Waals surface area contributed by atoms with E-state index in [2.05, 4.69) is 4.72 Å². The Morgan fingerprint density at radius 2 is 1.94 bits per heavy atom. The lowest BCUT2D eigenvalue weighted by Crippen LogP contribution is -2.34. The normalized spacial score (nSPS) is 12.0. The maximum absolute atomic E-state index is 13.2. The Morgan fingerprint density at radius 3 is 2.47 bits per heavy atom. The number of nitrogen functional groups attached to an aromatic ring is 1. The van der Waals surface area contributed by atoms with E-state index in [0.29, 0.717) is 12.8 Å². The summed E-state index contributed by atoms with van der Waals surface area (Å²) in [6.45, 7) is 3.76. The van der Waals surface area contributed by atoms with Crippen LogP contribution in [-0.2, 0) is 10.0 Å². The summed E-state index contributed by atoms with van der Waals surface area (Å²) in [6.07, 6.45) is 1.34. The van der Waals surface area contributed by atoms with Crippen molar-refractivity contribution in [2.24, 2.45) is 0 Å². The predicted molar refractivity (Wildman–Crippen MR) is 65.5 cm³/mol. The maximum Gasteiger partial charge on any atom is 0.242 e. The van der Waals surface area contributed by atoms with Gasteiger partial charge in [0.25, 0.3) is 0 Å². The van der Waals surface area contributed by atoms with Gasteiger partial charge in [0.15, 0.2) is 0 Å². The number of hydrogen-bond donors (Lipinski definition) is 2. The van der Waals surface area contributed by atoms with Gasteiger partial charge in [-0.25, -0.2) is 17.5 Å². The number of hydrogen-bond acceptors (Lipinski definition) is 3. The van der Waals surface area contributed by atoms with Crippen molar-refractivity contribution in [2.75, 3.05) is 5.73 Å². The number of benzene rings is 1. The van der Waals surface area contributed by atoms with Crippen molar-refractivity contribution in [1.82, 2.24) is 4.72 Å². The van der Waals surface area contributed by atoms with Crippen LogP contribution in [0.4, 0.5) is 10.1 Å². The summed E-state index contributed by atoms with van der Waals surface area (Å²) in [5.74, 6) is -0.725. The van der Waals surface area contributed by atoms with Gasteiger partial charge in [-0.3, -0.25) is 0 Å². The highest BCUT2D eigenvalue weighted by Crippen LogP contribution is 2.21. The second-order valence-corrected chi connectivity index (χ2v) is 5.47. The second-order valence-electron chi connectivity index (χ2n) is 3.79. The molecular formula is C11H17FN2O2S. The molecule has 0 amide bonds. The molecule has 3 N–H and O–H groups in total. The number of anilines is 1. The van der Waals surface area contributed by atoms with E-state index in [1.165, 1.54) is 12.1 Å². The van der Waals surface area contributed by atoms with Crippen LogP contribution in [0.25, 0.3) is 0 Å². The van der Waals surface area contributed by atoms with E-state index in [1.807, 2.05) is 13.8 Å². The van der Waals surface area contributed by atoms with Crippen LogP contribution in [0.3, 0.4) is 0 Å². The summed E-state index contributed by atoms with van der Waals surface area (Å²) < 4.78 is 39.6. The molecule has 4 nitrogen and oxygen atoms in total. The first-order valence-electron chi connectivity index (χ1n) is 5.48. The molecule has 0 aliphatic carbocycles. The van der Waals surface area contributed by atoms with Crippen molar-refractivity contribution in [2.45, 2.75) is 37.6 Å². The summed E-state index contributed by atoms with van der Waals surface area (Å²) >= 11 is 0. The van der Waals surface area contributed by atoms with Crippen LogP contribution in [0.15, 0.2) is 23.1 Å². The van der Waals surface area contributed by atoms with E-state index < -0.39 is 15.8 Å². The second kappa shape index (κ2) is 5.46. The van der Waals surface area contributed by atoms with Crippen molar-refractivity contribution in [3.8, 4) is 0 Å². The molecule has 0 heterocycles. The fraction of sp³-hybridized carbons (Fsp3) is 0.455. The molecule has 0 aromatic heterocycles. The Morgan fingerprint density at radius 1 is 1.35 bits per heavy atom. The van der Waals surface area contributed by atoms with Crippen molar-refractivity contribution < 1.29 is 12.8 Å². The number of rotatable bonds is 5. The lowest BCUT2D eigenvalue weighted by Gasteiger charge is -2.16. The first-order chi connectivity index (χ1) is 7.92. The average Bonchev–Trinajstić information content (AvgIpc) is 2.29. The molecule has 0 unspecified atom stereocenters. The molecule has 0 aliphatic heterocycles. The molecule has 0 saturated heterocycles. The molecular weight excluding hydrogens is 243 g/mol. The monoisotopic (exact) mass is 260 g/mol. The number of halogens is 1.